The third-order valence-corrected chi connectivity index (χ3v) is 13.7. The lowest BCUT2D eigenvalue weighted by molar-refractivity contribution is -0.302. The Labute approximate surface area is 412 Å². The molecule has 67 heavy (non-hydrogen) atoms. The maximum atomic E-state index is 13.0. The van der Waals surface area contributed by atoms with E-state index in [4.69, 9.17) is 9.47 Å². The van der Waals surface area contributed by atoms with Gasteiger partial charge in [0.05, 0.1) is 25.4 Å². The number of hydrogen-bond acceptors (Lipinski definition) is 8. The van der Waals surface area contributed by atoms with Crippen molar-refractivity contribution in [2.24, 2.45) is 0 Å². The summed E-state index contributed by atoms with van der Waals surface area (Å²) in [4.78, 5) is 13.0. The number of allylic oxidation sites excluding steroid dienone is 5. The van der Waals surface area contributed by atoms with Crippen molar-refractivity contribution < 1.29 is 39.8 Å². The molecule has 1 aliphatic rings. The van der Waals surface area contributed by atoms with E-state index in [9.17, 15) is 30.3 Å². The highest BCUT2D eigenvalue weighted by Gasteiger charge is 2.44. The van der Waals surface area contributed by atoms with Crippen molar-refractivity contribution in [3.05, 3.63) is 36.5 Å². The summed E-state index contributed by atoms with van der Waals surface area (Å²) in [6.07, 6.45) is 55.0. The summed E-state index contributed by atoms with van der Waals surface area (Å²) in [6.45, 7) is 3.79. The number of rotatable bonds is 49. The molecule has 0 spiro atoms. The third-order valence-electron chi connectivity index (χ3n) is 13.7. The van der Waals surface area contributed by atoms with Crippen LogP contribution in [0.3, 0.4) is 0 Å². The highest BCUT2D eigenvalue weighted by molar-refractivity contribution is 5.76. The van der Waals surface area contributed by atoms with Crippen LogP contribution in [0.5, 0.6) is 0 Å². The molecule has 6 N–H and O–H groups in total. The van der Waals surface area contributed by atoms with Crippen LogP contribution in [0.25, 0.3) is 0 Å². The van der Waals surface area contributed by atoms with E-state index in [1.165, 1.54) is 205 Å². The highest BCUT2D eigenvalue weighted by Crippen LogP contribution is 2.23. The Bertz CT molecular complexity index is 1150. The molecule has 7 unspecified atom stereocenters. The van der Waals surface area contributed by atoms with Crippen molar-refractivity contribution in [3.63, 3.8) is 0 Å². The van der Waals surface area contributed by atoms with Crippen molar-refractivity contribution in [1.82, 2.24) is 5.32 Å². The fraction of sp³-hybridized carbons (Fsp3) is 0.879. The molecule has 0 saturated carbocycles. The van der Waals surface area contributed by atoms with Gasteiger partial charge < -0.3 is 40.3 Å². The van der Waals surface area contributed by atoms with Gasteiger partial charge in [0.2, 0.25) is 5.91 Å². The smallest absolute Gasteiger partial charge is 0.220 e. The molecule has 0 aromatic rings. The van der Waals surface area contributed by atoms with E-state index in [-0.39, 0.29) is 12.5 Å². The fourth-order valence-electron chi connectivity index (χ4n) is 9.13. The van der Waals surface area contributed by atoms with Gasteiger partial charge in [-0.1, -0.05) is 256 Å². The van der Waals surface area contributed by atoms with Gasteiger partial charge in [0.15, 0.2) is 6.29 Å². The number of amides is 1. The second-order valence-electron chi connectivity index (χ2n) is 20.1. The Morgan fingerprint density at radius 3 is 1.25 bits per heavy atom. The summed E-state index contributed by atoms with van der Waals surface area (Å²) >= 11 is 0. The summed E-state index contributed by atoms with van der Waals surface area (Å²) in [7, 11) is 0. The van der Waals surface area contributed by atoms with E-state index < -0.39 is 49.5 Å². The predicted molar refractivity (Wildman–Crippen MR) is 281 cm³/mol. The molecule has 1 saturated heterocycles. The SMILES string of the molecule is CCCCCCCCCCCCCCC/C=C/CC/C=C/CC/C=C/C(O)C(COC1OC(CO)C(O)C(O)C1O)NC(=O)CCCCCCCCCCCCCCCCCCCCCCC. The molecule has 0 radical (unpaired) electrons. The molecule has 394 valence electrons. The van der Waals surface area contributed by atoms with Gasteiger partial charge in [-0.15, -0.1) is 0 Å². The van der Waals surface area contributed by atoms with Crippen LogP contribution in [0, 0.1) is 0 Å². The number of unbranched alkanes of at least 4 members (excludes halogenated alkanes) is 35. The molecule has 1 aliphatic heterocycles. The number of aliphatic hydroxyl groups excluding tert-OH is 5. The minimum atomic E-state index is -1.57. The molecule has 0 bridgehead atoms. The highest BCUT2D eigenvalue weighted by atomic mass is 16.7. The van der Waals surface area contributed by atoms with Crippen LogP contribution in [-0.4, -0.2) is 87.5 Å². The van der Waals surface area contributed by atoms with Gasteiger partial charge >= 0.3 is 0 Å². The molecule has 1 rings (SSSR count). The first-order valence-corrected chi connectivity index (χ1v) is 28.7. The van der Waals surface area contributed by atoms with E-state index in [0.717, 1.165) is 44.9 Å². The van der Waals surface area contributed by atoms with Crippen molar-refractivity contribution >= 4 is 5.91 Å². The summed E-state index contributed by atoms with van der Waals surface area (Å²) in [5, 5.41) is 54.5. The molecule has 9 heteroatoms. The molecule has 0 aromatic heterocycles. The zero-order valence-electron chi connectivity index (χ0n) is 43.7. The predicted octanol–water partition coefficient (Wildman–Crippen LogP) is 14.0. The second-order valence-corrected chi connectivity index (χ2v) is 20.1. The third kappa shape index (κ3) is 37.9. The number of hydrogen-bond donors (Lipinski definition) is 6. The molecule has 0 aliphatic carbocycles. The van der Waals surface area contributed by atoms with Crippen molar-refractivity contribution in [2.45, 2.75) is 314 Å². The number of carbonyl (C=O) groups is 1. The van der Waals surface area contributed by atoms with Crippen LogP contribution in [0.4, 0.5) is 0 Å². The average molecular weight is 949 g/mol. The fourth-order valence-corrected chi connectivity index (χ4v) is 9.13. The van der Waals surface area contributed by atoms with Crippen molar-refractivity contribution in [3.8, 4) is 0 Å². The number of nitrogens with one attached hydrogen (secondary N) is 1. The van der Waals surface area contributed by atoms with Crippen molar-refractivity contribution in [1.29, 1.82) is 0 Å². The van der Waals surface area contributed by atoms with Crippen LogP contribution in [0.1, 0.15) is 271 Å². The zero-order valence-corrected chi connectivity index (χ0v) is 43.7. The van der Waals surface area contributed by atoms with Gasteiger partial charge in [-0.2, -0.15) is 0 Å². The molecule has 1 amide bonds. The summed E-state index contributed by atoms with van der Waals surface area (Å²) in [6, 6.07) is -0.826. The van der Waals surface area contributed by atoms with Crippen LogP contribution >= 0.6 is 0 Å². The van der Waals surface area contributed by atoms with Crippen LogP contribution in [0.15, 0.2) is 36.5 Å². The minimum absolute atomic E-state index is 0.186. The van der Waals surface area contributed by atoms with Gasteiger partial charge in [-0.3, -0.25) is 4.79 Å². The Hall–Kier alpha value is -1.59. The second kappa shape index (κ2) is 48.1. The van der Waals surface area contributed by atoms with Crippen LogP contribution in [0.2, 0.25) is 0 Å². The molecule has 7 atom stereocenters. The number of aliphatic hydroxyl groups is 5. The van der Waals surface area contributed by atoms with Gasteiger partial charge in [-0.25, -0.2) is 0 Å². The van der Waals surface area contributed by atoms with Crippen molar-refractivity contribution in [2.75, 3.05) is 13.2 Å². The lowest BCUT2D eigenvalue weighted by Crippen LogP contribution is -2.60. The molecule has 1 fully saturated rings. The van der Waals surface area contributed by atoms with Gasteiger partial charge in [0, 0.05) is 6.42 Å². The van der Waals surface area contributed by atoms with Crippen LogP contribution in [-0.2, 0) is 14.3 Å². The van der Waals surface area contributed by atoms with E-state index in [0.29, 0.717) is 6.42 Å². The first kappa shape index (κ1) is 63.4. The van der Waals surface area contributed by atoms with E-state index in [2.05, 4.69) is 43.5 Å². The van der Waals surface area contributed by atoms with Crippen LogP contribution < -0.4 is 5.32 Å². The topological polar surface area (TPSA) is 149 Å². The summed E-state index contributed by atoms with van der Waals surface area (Å²) in [5.41, 5.74) is 0. The maximum absolute atomic E-state index is 13.0. The number of carbonyl (C=O) groups excluding carboxylic acids is 1. The van der Waals surface area contributed by atoms with Gasteiger partial charge in [-0.05, 0) is 44.9 Å². The summed E-state index contributed by atoms with van der Waals surface area (Å²) < 4.78 is 11.3. The largest absolute Gasteiger partial charge is 0.394 e. The first-order valence-electron chi connectivity index (χ1n) is 28.7. The molecule has 0 aromatic carbocycles. The number of ether oxygens (including phenoxy) is 2. The zero-order chi connectivity index (χ0) is 48.7. The van der Waals surface area contributed by atoms with E-state index in [1.54, 1.807) is 6.08 Å². The van der Waals surface area contributed by atoms with E-state index >= 15 is 0 Å². The molecule has 9 nitrogen and oxygen atoms in total. The normalized spacial score (nSPS) is 19.9. The monoisotopic (exact) mass is 948 g/mol. The summed E-state index contributed by atoms with van der Waals surface area (Å²) in [5.74, 6) is -0.186. The Morgan fingerprint density at radius 2 is 0.851 bits per heavy atom. The molecular weight excluding hydrogens is 839 g/mol. The Morgan fingerprint density at radius 1 is 0.493 bits per heavy atom. The Kier molecular flexibility index (Phi) is 45.5. The lowest BCUT2D eigenvalue weighted by Gasteiger charge is -2.40. The van der Waals surface area contributed by atoms with E-state index in [1.807, 2.05) is 6.08 Å². The van der Waals surface area contributed by atoms with Gasteiger partial charge in [0.25, 0.3) is 0 Å². The standard InChI is InChI=1S/C58H109NO8/c1-3-5-7-9-11-13-15-17-19-21-23-25-26-28-29-31-33-35-37-39-41-43-45-47-52(61)51(50-66-58-57(65)56(64)55(63)53(49-60)67-58)59-54(62)48-46-44-42-40-38-36-34-32-30-27-24-22-20-18-16-14-12-10-8-6-4-2/h29,31,37,39,45,47,51-53,55-58,60-61,63-65H,3-28,30,32-36,38,40-44,46,48-50H2,1-2H3,(H,59,62)/b31-29+,39-37+,47-45+. The lowest BCUT2D eigenvalue weighted by atomic mass is 9.99. The average Bonchev–Trinajstić information content (AvgIpc) is 3.33. The van der Waals surface area contributed by atoms with Gasteiger partial charge in [0.1, 0.15) is 24.4 Å². The quantitative estimate of drug-likeness (QED) is 0.0261. The first-order chi connectivity index (χ1) is 32.8. The molecule has 1 heterocycles. The minimum Gasteiger partial charge on any atom is -0.394 e. The Balaban J connectivity index is 2.27. The molecular formula is C58H109NO8. The maximum Gasteiger partial charge on any atom is 0.220 e.